The molecular weight excluding hydrogens is 222 g/mol. The van der Waals surface area contributed by atoms with Gasteiger partial charge >= 0.3 is 0 Å². The van der Waals surface area contributed by atoms with Crippen LogP contribution in [0.1, 0.15) is 25.6 Å². The minimum absolute atomic E-state index is 0.257. The number of hydrogen-bond acceptors (Lipinski definition) is 6. The maximum atomic E-state index is 10.1. The summed E-state index contributed by atoms with van der Waals surface area (Å²) in [5.74, 6) is 1.39. The molecule has 1 aliphatic heterocycles. The third kappa shape index (κ3) is 2.83. The van der Waals surface area contributed by atoms with E-state index in [9.17, 15) is 5.11 Å². The van der Waals surface area contributed by atoms with Crippen LogP contribution in [0.5, 0.6) is 0 Å². The first-order chi connectivity index (χ1) is 8.01. The summed E-state index contributed by atoms with van der Waals surface area (Å²) in [5, 5.41) is 14.0. The van der Waals surface area contributed by atoms with Crippen molar-refractivity contribution in [3.8, 4) is 0 Å². The molecule has 0 amide bonds. The molecule has 6 nitrogen and oxygen atoms in total. The molecule has 0 spiro atoms. The first kappa shape index (κ1) is 12.5. The second-order valence-electron chi connectivity index (χ2n) is 4.97. The summed E-state index contributed by atoms with van der Waals surface area (Å²) in [6.45, 7) is 6.34. The van der Waals surface area contributed by atoms with E-state index < -0.39 is 5.60 Å². The molecule has 0 aliphatic carbocycles. The van der Waals surface area contributed by atoms with Crippen LogP contribution in [0.25, 0.3) is 0 Å². The lowest BCUT2D eigenvalue weighted by Gasteiger charge is -2.20. The SMILES string of the molecule is COCc1nc(CN2C[C@H](C)[C@](C)(O)C2)no1. The fraction of sp³-hybridized carbons (Fsp3) is 0.818. The first-order valence-electron chi connectivity index (χ1n) is 5.76. The van der Waals surface area contributed by atoms with Crippen molar-refractivity contribution in [3.63, 3.8) is 0 Å². The van der Waals surface area contributed by atoms with E-state index in [1.165, 1.54) is 0 Å². The Hall–Kier alpha value is -0.980. The Morgan fingerprint density at radius 2 is 2.41 bits per heavy atom. The predicted octanol–water partition coefficient (Wildman–Crippen LogP) is 0.419. The van der Waals surface area contributed by atoms with Gasteiger partial charge in [0.1, 0.15) is 6.61 Å². The average molecular weight is 241 g/mol. The van der Waals surface area contributed by atoms with E-state index in [-0.39, 0.29) is 5.92 Å². The van der Waals surface area contributed by atoms with Crippen molar-refractivity contribution in [3.05, 3.63) is 11.7 Å². The molecule has 1 saturated heterocycles. The van der Waals surface area contributed by atoms with Gasteiger partial charge in [0.05, 0.1) is 12.1 Å². The number of aromatic nitrogens is 2. The molecule has 2 rings (SSSR count). The Kier molecular flexibility index (Phi) is 3.46. The standard InChI is InChI=1S/C11H19N3O3/c1-8-4-14(7-11(8,2)15)5-9-12-10(6-16-3)17-13-9/h8,15H,4-7H2,1-3H3/t8-,11+/m0/s1. The maximum Gasteiger partial charge on any atom is 0.252 e. The summed E-state index contributed by atoms with van der Waals surface area (Å²) in [6, 6.07) is 0. The molecule has 0 aromatic carbocycles. The van der Waals surface area contributed by atoms with E-state index >= 15 is 0 Å². The quantitative estimate of drug-likeness (QED) is 0.823. The number of β-amino-alcohol motifs (C(OH)–C–C–N with tert-alkyl or cyclic N) is 1. The fourth-order valence-corrected chi connectivity index (χ4v) is 2.11. The summed E-state index contributed by atoms with van der Waals surface area (Å²) in [5.41, 5.74) is -0.626. The van der Waals surface area contributed by atoms with Gasteiger partial charge in [0.2, 0.25) is 0 Å². The van der Waals surface area contributed by atoms with Gasteiger partial charge in [0, 0.05) is 20.2 Å². The van der Waals surface area contributed by atoms with Crippen LogP contribution >= 0.6 is 0 Å². The van der Waals surface area contributed by atoms with E-state index in [4.69, 9.17) is 9.26 Å². The molecule has 1 aliphatic rings. The van der Waals surface area contributed by atoms with E-state index in [2.05, 4.69) is 15.0 Å². The van der Waals surface area contributed by atoms with Crippen LogP contribution in [0.2, 0.25) is 0 Å². The van der Waals surface area contributed by atoms with Gasteiger partial charge in [-0.1, -0.05) is 12.1 Å². The summed E-state index contributed by atoms with van der Waals surface area (Å²) < 4.78 is 9.93. The highest BCUT2D eigenvalue weighted by Crippen LogP contribution is 2.27. The van der Waals surface area contributed by atoms with Crippen molar-refractivity contribution >= 4 is 0 Å². The molecule has 1 aromatic heterocycles. The van der Waals surface area contributed by atoms with Crippen molar-refractivity contribution in [1.82, 2.24) is 15.0 Å². The molecule has 1 N–H and O–H groups in total. The number of methoxy groups -OCH3 is 1. The lowest BCUT2D eigenvalue weighted by Crippen LogP contribution is -2.33. The van der Waals surface area contributed by atoms with E-state index in [0.29, 0.717) is 31.4 Å². The van der Waals surface area contributed by atoms with Crippen LogP contribution < -0.4 is 0 Å². The van der Waals surface area contributed by atoms with Crippen LogP contribution in [-0.2, 0) is 17.9 Å². The molecule has 0 radical (unpaired) electrons. The van der Waals surface area contributed by atoms with Gasteiger partial charge < -0.3 is 14.4 Å². The summed E-state index contributed by atoms with van der Waals surface area (Å²) in [4.78, 5) is 6.34. The van der Waals surface area contributed by atoms with Crippen LogP contribution in [0.15, 0.2) is 4.52 Å². The highest BCUT2D eigenvalue weighted by Gasteiger charge is 2.38. The number of likely N-dealkylation sites (tertiary alicyclic amines) is 1. The topological polar surface area (TPSA) is 71.6 Å². The van der Waals surface area contributed by atoms with Crippen molar-refractivity contribution in [2.75, 3.05) is 20.2 Å². The Balaban J connectivity index is 1.93. The normalized spacial score (nSPS) is 30.0. The molecule has 1 fully saturated rings. The summed E-state index contributed by atoms with van der Waals surface area (Å²) in [6.07, 6.45) is 0. The van der Waals surface area contributed by atoms with Crippen LogP contribution in [0.4, 0.5) is 0 Å². The molecule has 1 aromatic rings. The van der Waals surface area contributed by atoms with Crippen molar-refractivity contribution in [1.29, 1.82) is 0 Å². The van der Waals surface area contributed by atoms with E-state index in [1.807, 2.05) is 13.8 Å². The lowest BCUT2D eigenvalue weighted by molar-refractivity contribution is 0.0362. The molecule has 17 heavy (non-hydrogen) atoms. The molecule has 96 valence electrons. The third-order valence-corrected chi connectivity index (χ3v) is 3.28. The monoisotopic (exact) mass is 241 g/mol. The summed E-state index contributed by atoms with van der Waals surface area (Å²) in [7, 11) is 1.59. The number of nitrogens with zero attached hydrogens (tertiary/aromatic N) is 3. The van der Waals surface area contributed by atoms with Gasteiger partial charge in [0.25, 0.3) is 5.89 Å². The minimum Gasteiger partial charge on any atom is -0.389 e. The Bertz CT molecular complexity index is 378. The van der Waals surface area contributed by atoms with E-state index in [0.717, 1.165) is 6.54 Å². The number of ether oxygens (including phenoxy) is 1. The second kappa shape index (κ2) is 4.72. The molecule has 0 unspecified atom stereocenters. The van der Waals surface area contributed by atoms with Crippen molar-refractivity contribution in [2.45, 2.75) is 32.6 Å². The average Bonchev–Trinajstić information content (AvgIpc) is 2.74. The predicted molar refractivity (Wildman–Crippen MR) is 60.1 cm³/mol. The third-order valence-electron chi connectivity index (χ3n) is 3.28. The van der Waals surface area contributed by atoms with Crippen LogP contribution in [-0.4, -0.2) is 45.9 Å². The van der Waals surface area contributed by atoms with Gasteiger partial charge in [-0.3, -0.25) is 4.90 Å². The fourth-order valence-electron chi connectivity index (χ4n) is 2.11. The largest absolute Gasteiger partial charge is 0.389 e. The zero-order valence-electron chi connectivity index (χ0n) is 10.5. The Morgan fingerprint density at radius 3 is 3.00 bits per heavy atom. The molecule has 0 saturated carbocycles. The Labute approximate surface area is 101 Å². The number of hydrogen-bond donors (Lipinski definition) is 1. The van der Waals surface area contributed by atoms with Gasteiger partial charge in [-0.05, 0) is 12.8 Å². The van der Waals surface area contributed by atoms with Gasteiger partial charge in [-0.2, -0.15) is 4.98 Å². The Morgan fingerprint density at radius 1 is 1.65 bits per heavy atom. The van der Waals surface area contributed by atoms with Gasteiger partial charge in [0.15, 0.2) is 5.82 Å². The molecule has 2 heterocycles. The second-order valence-corrected chi connectivity index (χ2v) is 4.97. The molecular formula is C11H19N3O3. The molecule has 2 atom stereocenters. The zero-order valence-corrected chi connectivity index (χ0v) is 10.5. The van der Waals surface area contributed by atoms with Crippen molar-refractivity contribution < 1.29 is 14.4 Å². The number of rotatable bonds is 4. The first-order valence-corrected chi connectivity index (χ1v) is 5.76. The number of aliphatic hydroxyl groups is 1. The smallest absolute Gasteiger partial charge is 0.252 e. The summed E-state index contributed by atoms with van der Waals surface area (Å²) >= 11 is 0. The highest BCUT2D eigenvalue weighted by atomic mass is 16.5. The molecule has 6 heteroatoms. The van der Waals surface area contributed by atoms with E-state index in [1.54, 1.807) is 7.11 Å². The molecule has 0 bridgehead atoms. The van der Waals surface area contributed by atoms with Gasteiger partial charge in [-0.25, -0.2) is 0 Å². The highest BCUT2D eigenvalue weighted by molar-refractivity contribution is 4.94. The van der Waals surface area contributed by atoms with Crippen LogP contribution in [0.3, 0.4) is 0 Å². The van der Waals surface area contributed by atoms with Gasteiger partial charge in [-0.15, -0.1) is 0 Å². The lowest BCUT2D eigenvalue weighted by atomic mass is 9.95. The van der Waals surface area contributed by atoms with Crippen molar-refractivity contribution in [2.24, 2.45) is 5.92 Å². The zero-order chi connectivity index (χ0) is 12.5. The van der Waals surface area contributed by atoms with Crippen LogP contribution in [0, 0.1) is 5.92 Å². The maximum absolute atomic E-state index is 10.1. The minimum atomic E-state index is -0.626.